The van der Waals surface area contributed by atoms with Gasteiger partial charge in [0.2, 0.25) is 0 Å². The number of hydrogen-bond acceptors (Lipinski definition) is 8. The maximum absolute atomic E-state index is 11.2. The van der Waals surface area contributed by atoms with E-state index in [1.807, 2.05) is 91.0 Å². The smallest absolute Gasteiger partial charge is 0.130 e. The van der Waals surface area contributed by atoms with Gasteiger partial charge in [-0.1, -0.05) is 84.9 Å². The molecule has 8 nitrogen and oxygen atoms in total. The molecular formula is C32H28O8S2-2. The zero-order valence-electron chi connectivity index (χ0n) is 22.6. The van der Waals surface area contributed by atoms with Gasteiger partial charge in [-0.15, -0.1) is 0 Å². The molecule has 0 aliphatic heterocycles. The molecule has 0 unspecified atom stereocenters. The molecule has 5 rings (SSSR count). The topological polar surface area (TPSA) is 133 Å². The molecule has 42 heavy (non-hydrogen) atoms. The lowest BCUT2D eigenvalue weighted by atomic mass is 9.92. The highest BCUT2D eigenvalue weighted by molar-refractivity contribution is 7.85. The van der Waals surface area contributed by atoms with Gasteiger partial charge in [0.05, 0.1) is 33.5 Å². The van der Waals surface area contributed by atoms with E-state index in [4.69, 9.17) is 9.47 Å². The number of rotatable bonds is 12. The summed E-state index contributed by atoms with van der Waals surface area (Å²) in [7, 11) is -8.80. The average molecular weight is 605 g/mol. The minimum absolute atomic E-state index is 0.00341. The van der Waals surface area contributed by atoms with E-state index in [2.05, 4.69) is 0 Å². The van der Waals surface area contributed by atoms with Gasteiger partial charge < -0.3 is 18.6 Å². The Bertz CT molecular complexity index is 1800. The first-order valence-corrected chi connectivity index (χ1v) is 16.5. The third-order valence-corrected chi connectivity index (χ3v) is 8.41. The molecule has 0 heterocycles. The Morgan fingerprint density at radius 2 is 0.905 bits per heavy atom. The van der Waals surface area contributed by atoms with Gasteiger partial charge in [0.15, 0.2) is 0 Å². The lowest BCUT2D eigenvalue weighted by Gasteiger charge is -2.20. The average Bonchev–Trinajstić information content (AvgIpc) is 2.96. The van der Waals surface area contributed by atoms with Crippen molar-refractivity contribution >= 4 is 41.8 Å². The van der Waals surface area contributed by atoms with Gasteiger partial charge in [-0.2, -0.15) is 0 Å². The van der Waals surface area contributed by atoms with Gasteiger partial charge in [-0.25, -0.2) is 16.8 Å². The monoisotopic (exact) mass is 604 g/mol. The van der Waals surface area contributed by atoms with Crippen LogP contribution < -0.4 is 9.47 Å². The Balaban J connectivity index is 1.67. The SMILES string of the molecule is O=S(=O)([O-])CCCOc1cc(OCCCS(=O)(=O)[O-])c(-c2cccc3ccccc23)cc1-c1cccc2ccccc12. The summed E-state index contributed by atoms with van der Waals surface area (Å²) in [6.45, 7) is -0.0541. The molecule has 0 fully saturated rings. The molecule has 0 saturated carbocycles. The van der Waals surface area contributed by atoms with Crippen LogP contribution in [0.15, 0.2) is 97.1 Å². The van der Waals surface area contributed by atoms with Gasteiger partial charge in [-0.3, -0.25) is 0 Å². The molecular weight excluding hydrogens is 576 g/mol. The van der Waals surface area contributed by atoms with Crippen LogP contribution in [-0.2, 0) is 20.2 Å². The Kier molecular flexibility index (Phi) is 8.79. The van der Waals surface area contributed by atoms with Crippen LogP contribution in [0.2, 0.25) is 0 Å². The predicted molar refractivity (Wildman–Crippen MR) is 162 cm³/mol. The summed E-state index contributed by atoms with van der Waals surface area (Å²) in [4.78, 5) is 0. The minimum Gasteiger partial charge on any atom is -0.748 e. The highest BCUT2D eigenvalue weighted by atomic mass is 32.2. The first kappa shape index (κ1) is 29.5. The van der Waals surface area contributed by atoms with Crippen molar-refractivity contribution < 1.29 is 35.4 Å². The fourth-order valence-corrected chi connectivity index (χ4v) is 5.92. The third kappa shape index (κ3) is 7.27. The largest absolute Gasteiger partial charge is 0.748 e. The molecule has 0 saturated heterocycles. The van der Waals surface area contributed by atoms with Gasteiger partial charge in [-0.05, 0) is 51.6 Å². The Labute approximate surface area is 245 Å². The molecule has 0 aromatic heterocycles. The van der Waals surface area contributed by atoms with Crippen LogP contribution in [0.5, 0.6) is 11.5 Å². The summed E-state index contributed by atoms with van der Waals surface area (Å²) >= 11 is 0. The van der Waals surface area contributed by atoms with Crippen molar-refractivity contribution in [2.24, 2.45) is 0 Å². The molecule has 0 N–H and O–H groups in total. The van der Waals surface area contributed by atoms with Crippen molar-refractivity contribution in [2.75, 3.05) is 24.7 Å². The predicted octanol–water partition coefficient (Wildman–Crippen LogP) is 5.96. The van der Waals surface area contributed by atoms with Crippen LogP contribution >= 0.6 is 0 Å². The van der Waals surface area contributed by atoms with E-state index >= 15 is 0 Å². The van der Waals surface area contributed by atoms with Crippen molar-refractivity contribution in [3.05, 3.63) is 97.1 Å². The maximum Gasteiger partial charge on any atom is 0.130 e. The van der Waals surface area contributed by atoms with Crippen molar-refractivity contribution in [1.82, 2.24) is 0 Å². The molecule has 0 aliphatic carbocycles. The summed E-state index contributed by atoms with van der Waals surface area (Å²) < 4.78 is 79.1. The number of hydrogen-bond donors (Lipinski definition) is 0. The molecule has 5 aromatic rings. The first-order chi connectivity index (χ1) is 20.1. The Hall–Kier alpha value is -3.96. The second-order valence-corrected chi connectivity index (χ2v) is 12.9. The van der Waals surface area contributed by atoms with Crippen LogP contribution in [0.3, 0.4) is 0 Å². The van der Waals surface area contributed by atoms with E-state index in [1.54, 1.807) is 6.07 Å². The summed E-state index contributed by atoms with van der Waals surface area (Å²) in [5, 5.41) is 3.99. The second kappa shape index (κ2) is 12.5. The molecule has 0 aliphatic rings. The lowest BCUT2D eigenvalue weighted by molar-refractivity contribution is 0.302. The van der Waals surface area contributed by atoms with Crippen molar-refractivity contribution in [1.29, 1.82) is 0 Å². The van der Waals surface area contributed by atoms with Gasteiger partial charge in [0, 0.05) is 28.7 Å². The highest BCUT2D eigenvalue weighted by Gasteiger charge is 2.19. The molecule has 218 valence electrons. The van der Waals surface area contributed by atoms with E-state index in [0.717, 1.165) is 43.8 Å². The van der Waals surface area contributed by atoms with Crippen molar-refractivity contribution in [2.45, 2.75) is 12.8 Å². The minimum atomic E-state index is -4.40. The standard InChI is InChI=1S/C32H30O8S2/c33-41(34,35)19-7-17-39-31-22-32(40-18-8-20-42(36,37)38)30(28-16-6-12-24-10-2-4-14-26(24)28)21-29(31)27-15-5-11-23-9-1-3-13-25(23)27/h1-6,9-16,21-22H,7-8,17-20H2,(H,33,34,35)(H,36,37,38)/p-2. The normalized spacial score (nSPS) is 12.0. The highest BCUT2D eigenvalue weighted by Crippen LogP contribution is 2.44. The number of ether oxygens (including phenoxy) is 2. The maximum atomic E-state index is 11.2. The lowest BCUT2D eigenvalue weighted by Crippen LogP contribution is -2.10. The summed E-state index contributed by atoms with van der Waals surface area (Å²) in [5.41, 5.74) is 3.22. The van der Waals surface area contributed by atoms with Crippen LogP contribution in [0.25, 0.3) is 43.8 Å². The van der Waals surface area contributed by atoms with Gasteiger partial charge in [0.1, 0.15) is 11.5 Å². The summed E-state index contributed by atoms with van der Waals surface area (Å²) in [6.07, 6.45) is 0.00682. The quantitative estimate of drug-likeness (QED) is 0.126. The number of fused-ring (bicyclic) bond motifs is 2. The fourth-order valence-electron chi connectivity index (χ4n) is 4.98. The fraction of sp³-hybridized carbons (Fsp3) is 0.188. The van der Waals surface area contributed by atoms with E-state index in [-0.39, 0.29) is 26.1 Å². The van der Waals surface area contributed by atoms with Crippen molar-refractivity contribution in [3.8, 4) is 33.8 Å². The second-order valence-electron chi connectivity index (χ2n) is 9.83. The van der Waals surface area contributed by atoms with E-state index in [0.29, 0.717) is 11.5 Å². The zero-order chi connectivity index (χ0) is 29.7. The molecule has 0 radical (unpaired) electrons. The van der Waals surface area contributed by atoms with E-state index < -0.39 is 31.7 Å². The molecule has 10 heteroatoms. The van der Waals surface area contributed by atoms with Crippen LogP contribution in [0.4, 0.5) is 0 Å². The Morgan fingerprint density at radius 1 is 0.500 bits per heavy atom. The van der Waals surface area contributed by atoms with Gasteiger partial charge in [0.25, 0.3) is 0 Å². The molecule has 5 aromatic carbocycles. The van der Waals surface area contributed by atoms with E-state index in [1.165, 1.54) is 0 Å². The number of benzene rings is 5. The molecule has 0 bridgehead atoms. The van der Waals surface area contributed by atoms with E-state index in [9.17, 15) is 25.9 Å². The molecule has 0 amide bonds. The summed E-state index contributed by atoms with van der Waals surface area (Å²) in [5.74, 6) is -0.301. The molecule has 0 atom stereocenters. The first-order valence-electron chi connectivity index (χ1n) is 13.4. The third-order valence-electron chi connectivity index (χ3n) is 6.83. The van der Waals surface area contributed by atoms with Crippen molar-refractivity contribution in [3.63, 3.8) is 0 Å². The summed E-state index contributed by atoms with van der Waals surface area (Å²) in [6, 6.07) is 31.3. The van der Waals surface area contributed by atoms with Crippen LogP contribution in [-0.4, -0.2) is 50.7 Å². The van der Waals surface area contributed by atoms with Gasteiger partial charge >= 0.3 is 0 Å². The zero-order valence-corrected chi connectivity index (χ0v) is 24.2. The van der Waals surface area contributed by atoms with Crippen LogP contribution in [0, 0.1) is 0 Å². The van der Waals surface area contributed by atoms with Crippen LogP contribution in [0.1, 0.15) is 12.8 Å². The Morgan fingerprint density at radius 3 is 1.33 bits per heavy atom. The molecule has 0 spiro atoms.